The molecular formula is C20H28N2O4. The van der Waals surface area contributed by atoms with Crippen molar-refractivity contribution in [3.8, 4) is 0 Å². The molecule has 2 fully saturated rings. The number of hydrogen-bond donors (Lipinski definition) is 0. The molecule has 0 aromatic heterocycles. The van der Waals surface area contributed by atoms with Crippen LogP contribution < -0.4 is 0 Å². The van der Waals surface area contributed by atoms with Gasteiger partial charge in [-0.1, -0.05) is 30.3 Å². The van der Waals surface area contributed by atoms with E-state index in [4.69, 9.17) is 9.47 Å². The molecule has 1 spiro atoms. The molecule has 142 valence electrons. The van der Waals surface area contributed by atoms with Gasteiger partial charge in [0.15, 0.2) is 0 Å². The summed E-state index contributed by atoms with van der Waals surface area (Å²) in [6.07, 6.45) is 3.14. The number of carbonyl (C=O) groups excluding carboxylic acids is 2. The van der Waals surface area contributed by atoms with E-state index in [2.05, 4.69) is 0 Å². The summed E-state index contributed by atoms with van der Waals surface area (Å²) >= 11 is 0. The van der Waals surface area contributed by atoms with Crippen molar-refractivity contribution in [2.75, 3.05) is 39.9 Å². The first-order chi connectivity index (χ1) is 12.6. The van der Waals surface area contributed by atoms with E-state index in [9.17, 15) is 9.59 Å². The summed E-state index contributed by atoms with van der Waals surface area (Å²) in [4.78, 5) is 28.4. The van der Waals surface area contributed by atoms with Gasteiger partial charge in [0.2, 0.25) is 5.91 Å². The Kier molecular flexibility index (Phi) is 6.14. The molecule has 3 rings (SSSR count). The molecule has 0 aliphatic carbocycles. The molecule has 1 atom stereocenters. The third-order valence-corrected chi connectivity index (χ3v) is 5.44. The van der Waals surface area contributed by atoms with Crippen LogP contribution in [-0.2, 0) is 20.9 Å². The van der Waals surface area contributed by atoms with E-state index < -0.39 is 0 Å². The lowest BCUT2D eigenvalue weighted by atomic mass is 9.73. The van der Waals surface area contributed by atoms with Crippen molar-refractivity contribution in [2.24, 2.45) is 5.41 Å². The van der Waals surface area contributed by atoms with Crippen LogP contribution in [-0.4, -0.2) is 61.7 Å². The standard InChI is InChI=1S/C20H28N2O4/c1-25-13-12-21-15-20(10-8-18(21)23)9-5-11-22(16-20)19(24)26-14-17-6-3-2-4-7-17/h2-4,6-7H,5,8-16H2,1H3. The van der Waals surface area contributed by atoms with E-state index in [1.807, 2.05) is 40.1 Å². The van der Waals surface area contributed by atoms with Gasteiger partial charge in [-0.15, -0.1) is 0 Å². The van der Waals surface area contributed by atoms with Gasteiger partial charge < -0.3 is 19.3 Å². The predicted molar refractivity (Wildman–Crippen MR) is 97.6 cm³/mol. The highest BCUT2D eigenvalue weighted by Crippen LogP contribution is 2.39. The number of benzene rings is 1. The molecule has 2 amide bonds. The van der Waals surface area contributed by atoms with Crippen LogP contribution in [0.1, 0.15) is 31.2 Å². The van der Waals surface area contributed by atoms with E-state index in [0.29, 0.717) is 39.3 Å². The van der Waals surface area contributed by atoms with E-state index in [0.717, 1.165) is 31.4 Å². The first kappa shape index (κ1) is 18.7. The van der Waals surface area contributed by atoms with Crippen molar-refractivity contribution in [1.82, 2.24) is 9.80 Å². The van der Waals surface area contributed by atoms with Crippen molar-refractivity contribution in [2.45, 2.75) is 32.3 Å². The molecule has 2 aliphatic heterocycles. The Hall–Kier alpha value is -2.08. The van der Waals surface area contributed by atoms with Crippen LogP contribution in [0, 0.1) is 5.41 Å². The highest BCUT2D eigenvalue weighted by Gasteiger charge is 2.42. The van der Waals surface area contributed by atoms with Gasteiger partial charge in [0, 0.05) is 45.1 Å². The van der Waals surface area contributed by atoms with Crippen LogP contribution in [0.3, 0.4) is 0 Å². The summed E-state index contributed by atoms with van der Waals surface area (Å²) in [5, 5.41) is 0. The second-order valence-electron chi connectivity index (χ2n) is 7.37. The van der Waals surface area contributed by atoms with Gasteiger partial charge in [-0.25, -0.2) is 4.79 Å². The minimum absolute atomic E-state index is 0.00827. The molecule has 0 saturated carbocycles. The summed E-state index contributed by atoms with van der Waals surface area (Å²) in [6.45, 7) is 3.55. The topological polar surface area (TPSA) is 59.1 Å². The maximum absolute atomic E-state index is 12.5. The summed E-state index contributed by atoms with van der Waals surface area (Å²) in [5.74, 6) is 0.191. The highest BCUT2D eigenvalue weighted by atomic mass is 16.6. The third kappa shape index (κ3) is 4.55. The van der Waals surface area contributed by atoms with Gasteiger partial charge in [0.25, 0.3) is 0 Å². The second kappa shape index (κ2) is 8.54. The zero-order valence-electron chi connectivity index (χ0n) is 15.5. The van der Waals surface area contributed by atoms with Gasteiger partial charge >= 0.3 is 6.09 Å². The van der Waals surface area contributed by atoms with Crippen molar-refractivity contribution < 1.29 is 19.1 Å². The van der Waals surface area contributed by atoms with Gasteiger partial charge in [0.1, 0.15) is 6.61 Å². The maximum Gasteiger partial charge on any atom is 0.410 e. The predicted octanol–water partition coefficient (Wildman–Crippen LogP) is 2.67. The number of nitrogens with zero attached hydrogens (tertiary/aromatic N) is 2. The smallest absolute Gasteiger partial charge is 0.410 e. The molecule has 0 radical (unpaired) electrons. The Morgan fingerprint density at radius 1 is 1.19 bits per heavy atom. The molecule has 6 heteroatoms. The number of rotatable bonds is 5. The number of hydrogen-bond acceptors (Lipinski definition) is 4. The number of carbonyl (C=O) groups is 2. The number of likely N-dealkylation sites (tertiary alicyclic amines) is 2. The summed E-state index contributed by atoms with van der Waals surface area (Å²) < 4.78 is 10.6. The largest absolute Gasteiger partial charge is 0.445 e. The molecule has 1 aromatic rings. The fourth-order valence-electron chi connectivity index (χ4n) is 4.02. The number of piperidine rings is 2. The molecule has 1 aromatic carbocycles. The van der Waals surface area contributed by atoms with Crippen LogP contribution in [0.2, 0.25) is 0 Å². The van der Waals surface area contributed by atoms with Crippen LogP contribution in [0.15, 0.2) is 30.3 Å². The molecule has 0 N–H and O–H groups in total. The maximum atomic E-state index is 12.5. The Labute approximate surface area is 155 Å². The Bertz CT molecular complexity index is 621. The van der Waals surface area contributed by atoms with Crippen LogP contribution in [0.5, 0.6) is 0 Å². The minimum atomic E-state index is -0.256. The fourth-order valence-corrected chi connectivity index (χ4v) is 4.02. The van der Waals surface area contributed by atoms with Crippen molar-refractivity contribution >= 4 is 12.0 Å². The molecule has 6 nitrogen and oxygen atoms in total. The van der Waals surface area contributed by atoms with Crippen molar-refractivity contribution in [1.29, 1.82) is 0 Å². The van der Waals surface area contributed by atoms with Gasteiger partial charge in [-0.3, -0.25) is 4.79 Å². The van der Waals surface area contributed by atoms with E-state index in [1.165, 1.54) is 0 Å². The normalized spacial score (nSPS) is 23.3. The first-order valence-electron chi connectivity index (χ1n) is 9.34. The zero-order valence-corrected chi connectivity index (χ0v) is 15.5. The highest BCUT2D eigenvalue weighted by molar-refractivity contribution is 5.77. The number of methoxy groups -OCH3 is 1. The minimum Gasteiger partial charge on any atom is -0.445 e. The summed E-state index contributed by atoms with van der Waals surface area (Å²) in [7, 11) is 1.65. The lowest BCUT2D eigenvalue weighted by molar-refractivity contribution is -0.139. The lowest BCUT2D eigenvalue weighted by Gasteiger charge is -2.47. The number of ether oxygens (including phenoxy) is 2. The molecule has 2 aliphatic rings. The molecule has 2 heterocycles. The average molecular weight is 360 g/mol. The van der Waals surface area contributed by atoms with Gasteiger partial charge in [-0.2, -0.15) is 0 Å². The third-order valence-electron chi connectivity index (χ3n) is 5.44. The Morgan fingerprint density at radius 2 is 2.00 bits per heavy atom. The average Bonchev–Trinajstić information content (AvgIpc) is 2.68. The monoisotopic (exact) mass is 360 g/mol. The quantitative estimate of drug-likeness (QED) is 0.810. The molecule has 0 bridgehead atoms. The van der Waals surface area contributed by atoms with Crippen molar-refractivity contribution in [3.05, 3.63) is 35.9 Å². The fraction of sp³-hybridized carbons (Fsp3) is 0.600. The van der Waals surface area contributed by atoms with E-state index >= 15 is 0 Å². The van der Waals surface area contributed by atoms with E-state index in [-0.39, 0.29) is 17.4 Å². The second-order valence-corrected chi connectivity index (χ2v) is 7.37. The van der Waals surface area contributed by atoms with Gasteiger partial charge in [0.05, 0.1) is 6.61 Å². The first-order valence-corrected chi connectivity index (χ1v) is 9.34. The van der Waals surface area contributed by atoms with Gasteiger partial charge in [-0.05, 0) is 24.8 Å². The number of amides is 2. The Balaban J connectivity index is 1.57. The van der Waals surface area contributed by atoms with Crippen LogP contribution in [0.25, 0.3) is 0 Å². The van der Waals surface area contributed by atoms with Crippen molar-refractivity contribution in [3.63, 3.8) is 0 Å². The molecule has 2 saturated heterocycles. The summed E-state index contributed by atoms with van der Waals surface area (Å²) in [6, 6.07) is 9.72. The Morgan fingerprint density at radius 3 is 2.77 bits per heavy atom. The zero-order chi connectivity index (χ0) is 18.4. The molecule has 1 unspecified atom stereocenters. The molecular weight excluding hydrogens is 332 g/mol. The lowest BCUT2D eigenvalue weighted by Crippen LogP contribution is -2.55. The SMILES string of the molecule is COCCN1CC2(CCCN(C(=O)OCc3ccccc3)C2)CCC1=O. The van der Waals surface area contributed by atoms with E-state index in [1.54, 1.807) is 7.11 Å². The summed E-state index contributed by atoms with van der Waals surface area (Å²) in [5.41, 5.74) is 0.979. The molecule has 26 heavy (non-hydrogen) atoms. The van der Waals surface area contributed by atoms with Crippen LogP contribution in [0.4, 0.5) is 4.79 Å². The van der Waals surface area contributed by atoms with Crippen LogP contribution >= 0.6 is 0 Å².